The lowest BCUT2D eigenvalue weighted by Crippen LogP contribution is -2.35. The van der Waals surface area contributed by atoms with E-state index in [9.17, 15) is 9.50 Å². The van der Waals surface area contributed by atoms with Crippen molar-refractivity contribution in [2.45, 2.75) is 37.0 Å². The third kappa shape index (κ3) is 3.04. The Morgan fingerprint density at radius 1 is 1.59 bits per heavy atom. The van der Waals surface area contributed by atoms with Crippen molar-refractivity contribution in [3.63, 3.8) is 0 Å². The van der Waals surface area contributed by atoms with Crippen LogP contribution in [0.25, 0.3) is 0 Å². The first-order valence-corrected chi connectivity index (χ1v) is 7.55. The molecule has 1 heterocycles. The number of aliphatic hydroxyl groups excluding tert-OH is 1. The lowest BCUT2D eigenvalue weighted by molar-refractivity contribution is 0.132. The standard InChI is InChI=1S/C13H16BrFOS/c1-13(5-2-6-17-13)12(16)8-9-7-10(14)3-4-11(9)15/h3-4,7,12,16H,2,5-6,8H2,1H3. The van der Waals surface area contributed by atoms with Gasteiger partial charge in [-0.3, -0.25) is 0 Å². The minimum Gasteiger partial charge on any atom is -0.391 e. The Balaban J connectivity index is 2.12. The third-order valence-electron chi connectivity index (χ3n) is 3.38. The number of thioether (sulfide) groups is 1. The number of hydrogen-bond donors (Lipinski definition) is 1. The van der Waals surface area contributed by atoms with E-state index in [1.165, 1.54) is 6.07 Å². The van der Waals surface area contributed by atoms with E-state index in [1.807, 2.05) is 0 Å². The molecule has 1 aliphatic heterocycles. The van der Waals surface area contributed by atoms with Crippen molar-refractivity contribution in [3.8, 4) is 0 Å². The summed E-state index contributed by atoms with van der Waals surface area (Å²) < 4.78 is 14.3. The molecule has 0 radical (unpaired) electrons. The van der Waals surface area contributed by atoms with Gasteiger partial charge in [0, 0.05) is 15.6 Å². The molecular formula is C13H16BrFOS. The van der Waals surface area contributed by atoms with Gasteiger partial charge in [-0.2, -0.15) is 11.8 Å². The average Bonchev–Trinajstić information content (AvgIpc) is 2.72. The molecule has 2 unspecified atom stereocenters. The maximum atomic E-state index is 13.6. The zero-order valence-electron chi connectivity index (χ0n) is 9.75. The monoisotopic (exact) mass is 318 g/mol. The van der Waals surface area contributed by atoms with Crippen LogP contribution in [-0.4, -0.2) is 21.7 Å². The van der Waals surface area contributed by atoms with Crippen molar-refractivity contribution in [2.75, 3.05) is 5.75 Å². The van der Waals surface area contributed by atoms with Gasteiger partial charge in [-0.25, -0.2) is 4.39 Å². The fraction of sp³-hybridized carbons (Fsp3) is 0.538. The molecule has 1 aromatic carbocycles. The van der Waals surface area contributed by atoms with E-state index >= 15 is 0 Å². The molecule has 1 nitrogen and oxygen atoms in total. The predicted octanol–water partition coefficient (Wildman–Crippen LogP) is 3.78. The van der Waals surface area contributed by atoms with Crippen molar-refractivity contribution >= 4 is 27.7 Å². The summed E-state index contributed by atoms with van der Waals surface area (Å²) in [5.41, 5.74) is 0.584. The zero-order chi connectivity index (χ0) is 12.5. The Hall–Kier alpha value is -0.0600. The summed E-state index contributed by atoms with van der Waals surface area (Å²) in [7, 11) is 0. The van der Waals surface area contributed by atoms with Gasteiger partial charge in [0.25, 0.3) is 0 Å². The van der Waals surface area contributed by atoms with Gasteiger partial charge in [0.2, 0.25) is 0 Å². The van der Waals surface area contributed by atoms with Crippen LogP contribution < -0.4 is 0 Å². The van der Waals surface area contributed by atoms with Crippen molar-refractivity contribution in [1.29, 1.82) is 0 Å². The molecular weight excluding hydrogens is 303 g/mol. The maximum absolute atomic E-state index is 13.6. The Bertz CT molecular complexity index is 404. The molecule has 94 valence electrons. The van der Waals surface area contributed by atoms with Crippen LogP contribution in [0.5, 0.6) is 0 Å². The van der Waals surface area contributed by atoms with Crippen molar-refractivity contribution < 1.29 is 9.50 Å². The highest BCUT2D eigenvalue weighted by atomic mass is 79.9. The highest BCUT2D eigenvalue weighted by Crippen LogP contribution is 2.41. The van der Waals surface area contributed by atoms with Gasteiger partial charge in [0.05, 0.1) is 6.10 Å². The SMILES string of the molecule is CC1(C(O)Cc2cc(Br)ccc2F)CCCS1. The zero-order valence-corrected chi connectivity index (χ0v) is 12.2. The number of halogens is 2. The molecule has 1 aliphatic rings. The fourth-order valence-corrected chi connectivity index (χ4v) is 3.92. The fourth-order valence-electron chi connectivity index (χ4n) is 2.19. The molecule has 1 N–H and O–H groups in total. The Morgan fingerprint density at radius 2 is 2.35 bits per heavy atom. The molecule has 17 heavy (non-hydrogen) atoms. The summed E-state index contributed by atoms with van der Waals surface area (Å²) in [5.74, 6) is 0.855. The molecule has 0 amide bonds. The average molecular weight is 319 g/mol. The van der Waals surface area contributed by atoms with Crippen LogP contribution in [0.4, 0.5) is 4.39 Å². The second-order valence-corrected chi connectivity index (χ2v) is 7.27. The van der Waals surface area contributed by atoms with Crippen LogP contribution in [0.15, 0.2) is 22.7 Å². The quantitative estimate of drug-likeness (QED) is 0.915. The third-order valence-corrected chi connectivity index (χ3v) is 5.50. The molecule has 2 atom stereocenters. The summed E-state index contributed by atoms with van der Waals surface area (Å²) in [6.45, 7) is 2.07. The molecule has 2 rings (SSSR count). The van der Waals surface area contributed by atoms with Gasteiger partial charge in [0.15, 0.2) is 0 Å². The molecule has 1 fully saturated rings. The maximum Gasteiger partial charge on any atom is 0.126 e. The normalized spacial score (nSPS) is 26.1. The van der Waals surface area contributed by atoms with E-state index < -0.39 is 6.10 Å². The molecule has 0 aromatic heterocycles. The highest BCUT2D eigenvalue weighted by molar-refractivity contribution is 9.10. The van der Waals surface area contributed by atoms with Crippen molar-refractivity contribution in [2.24, 2.45) is 0 Å². The summed E-state index contributed by atoms with van der Waals surface area (Å²) in [6, 6.07) is 4.87. The van der Waals surface area contributed by atoms with Crippen LogP contribution in [-0.2, 0) is 6.42 Å². The molecule has 0 saturated carbocycles. The number of rotatable bonds is 3. The molecule has 1 saturated heterocycles. The Labute approximate surface area is 114 Å². The molecule has 1 aromatic rings. The van der Waals surface area contributed by atoms with Crippen LogP contribution in [0.3, 0.4) is 0 Å². The second-order valence-electron chi connectivity index (χ2n) is 4.72. The summed E-state index contributed by atoms with van der Waals surface area (Å²) >= 11 is 5.13. The van der Waals surface area contributed by atoms with Gasteiger partial charge < -0.3 is 5.11 Å². The number of aliphatic hydroxyl groups is 1. The van der Waals surface area contributed by atoms with E-state index in [0.29, 0.717) is 12.0 Å². The Morgan fingerprint density at radius 3 is 3.00 bits per heavy atom. The van der Waals surface area contributed by atoms with Gasteiger partial charge in [0.1, 0.15) is 5.82 Å². The van der Waals surface area contributed by atoms with Gasteiger partial charge in [-0.1, -0.05) is 15.9 Å². The van der Waals surface area contributed by atoms with E-state index in [4.69, 9.17) is 0 Å². The van der Waals surface area contributed by atoms with Gasteiger partial charge in [-0.05, 0) is 49.3 Å². The first kappa shape index (κ1) is 13.4. The minimum atomic E-state index is -0.487. The lowest BCUT2D eigenvalue weighted by atomic mass is 9.93. The van der Waals surface area contributed by atoms with E-state index in [-0.39, 0.29) is 10.6 Å². The van der Waals surface area contributed by atoms with Crippen molar-refractivity contribution in [1.82, 2.24) is 0 Å². The second kappa shape index (κ2) is 5.29. The highest BCUT2D eigenvalue weighted by Gasteiger charge is 2.37. The topological polar surface area (TPSA) is 20.2 Å². The van der Waals surface area contributed by atoms with E-state index in [2.05, 4.69) is 22.9 Å². The molecule has 0 spiro atoms. The first-order valence-electron chi connectivity index (χ1n) is 5.77. The smallest absolute Gasteiger partial charge is 0.126 e. The van der Waals surface area contributed by atoms with E-state index in [0.717, 1.165) is 23.1 Å². The summed E-state index contributed by atoms with van der Waals surface area (Å²) in [4.78, 5) is 0. The minimum absolute atomic E-state index is 0.116. The van der Waals surface area contributed by atoms with Gasteiger partial charge >= 0.3 is 0 Å². The predicted molar refractivity (Wildman–Crippen MR) is 73.9 cm³/mol. The van der Waals surface area contributed by atoms with E-state index in [1.54, 1.807) is 23.9 Å². The molecule has 0 aliphatic carbocycles. The number of benzene rings is 1. The van der Waals surface area contributed by atoms with Crippen LogP contribution in [0.1, 0.15) is 25.3 Å². The number of hydrogen-bond acceptors (Lipinski definition) is 2. The molecule has 0 bridgehead atoms. The van der Waals surface area contributed by atoms with Gasteiger partial charge in [-0.15, -0.1) is 0 Å². The largest absolute Gasteiger partial charge is 0.391 e. The first-order chi connectivity index (χ1) is 8.01. The van der Waals surface area contributed by atoms with Crippen LogP contribution in [0, 0.1) is 5.82 Å². The lowest BCUT2D eigenvalue weighted by Gasteiger charge is -2.29. The van der Waals surface area contributed by atoms with Crippen LogP contribution in [0.2, 0.25) is 0 Å². The Kier molecular flexibility index (Phi) is 4.16. The summed E-state index contributed by atoms with van der Waals surface area (Å²) in [5, 5.41) is 10.3. The summed E-state index contributed by atoms with van der Waals surface area (Å²) in [6.07, 6.45) is 2.04. The molecule has 4 heteroatoms. The van der Waals surface area contributed by atoms with Crippen LogP contribution >= 0.6 is 27.7 Å². The van der Waals surface area contributed by atoms with Crippen molar-refractivity contribution in [3.05, 3.63) is 34.1 Å².